The summed E-state index contributed by atoms with van der Waals surface area (Å²) in [4.78, 5) is 17.3. The molecule has 1 amide bonds. The van der Waals surface area contributed by atoms with Crippen LogP contribution in [-0.4, -0.2) is 49.6 Å². The molecule has 0 aliphatic carbocycles. The highest BCUT2D eigenvalue weighted by Crippen LogP contribution is 2.35. The summed E-state index contributed by atoms with van der Waals surface area (Å²) in [7, 11) is 3.30. The number of nitrogens with zero attached hydrogens (tertiary/aromatic N) is 2. The van der Waals surface area contributed by atoms with Gasteiger partial charge in [0.1, 0.15) is 0 Å². The average molecular weight is 387 g/mol. The van der Waals surface area contributed by atoms with E-state index in [4.69, 9.17) is 9.47 Å². The maximum atomic E-state index is 13.0. The monoisotopic (exact) mass is 386 g/mol. The van der Waals surface area contributed by atoms with E-state index in [0.29, 0.717) is 19.1 Å². The molecule has 27 heavy (non-hydrogen) atoms. The number of methoxy groups -OCH3 is 2. The summed E-state index contributed by atoms with van der Waals surface area (Å²) in [6, 6.07) is 6.64. The van der Waals surface area contributed by atoms with Crippen molar-refractivity contribution in [1.29, 1.82) is 0 Å². The number of benzene rings is 1. The Morgan fingerprint density at radius 3 is 2.67 bits per heavy atom. The van der Waals surface area contributed by atoms with Crippen LogP contribution >= 0.6 is 11.3 Å². The summed E-state index contributed by atoms with van der Waals surface area (Å²) in [5, 5.41) is 4.33. The van der Waals surface area contributed by atoms with Crippen LogP contribution in [0.4, 0.5) is 0 Å². The van der Waals surface area contributed by atoms with E-state index in [9.17, 15) is 4.79 Å². The van der Waals surface area contributed by atoms with Gasteiger partial charge in [-0.2, -0.15) is 11.3 Å². The predicted molar refractivity (Wildman–Crippen MR) is 107 cm³/mol. The Hall–Kier alpha value is -2.05. The lowest BCUT2D eigenvalue weighted by molar-refractivity contribution is -0.133. The molecule has 1 atom stereocenters. The number of thiophene rings is 1. The third-order valence-electron chi connectivity index (χ3n) is 5.70. The van der Waals surface area contributed by atoms with Gasteiger partial charge in [-0.3, -0.25) is 9.69 Å². The minimum Gasteiger partial charge on any atom is -0.493 e. The van der Waals surface area contributed by atoms with Crippen molar-refractivity contribution in [1.82, 2.24) is 9.80 Å². The normalized spacial score (nSPS) is 19.8. The zero-order valence-corrected chi connectivity index (χ0v) is 16.8. The molecule has 2 aromatic rings. The molecule has 0 bridgehead atoms. The van der Waals surface area contributed by atoms with Crippen molar-refractivity contribution in [2.45, 2.75) is 31.8 Å². The Kier molecular flexibility index (Phi) is 5.36. The van der Waals surface area contributed by atoms with Gasteiger partial charge in [-0.25, -0.2) is 0 Å². The van der Waals surface area contributed by atoms with E-state index in [1.807, 2.05) is 17.0 Å². The highest BCUT2D eigenvalue weighted by Gasteiger charge is 2.30. The second-order valence-electron chi connectivity index (χ2n) is 7.23. The fourth-order valence-corrected chi connectivity index (χ4v) is 4.93. The van der Waals surface area contributed by atoms with Gasteiger partial charge in [-0.15, -0.1) is 0 Å². The lowest BCUT2D eigenvalue weighted by Crippen LogP contribution is -2.42. The van der Waals surface area contributed by atoms with Gasteiger partial charge in [0.15, 0.2) is 11.5 Å². The fraction of sp³-hybridized carbons (Fsp3) is 0.476. The second kappa shape index (κ2) is 7.90. The molecule has 1 aromatic carbocycles. The summed E-state index contributed by atoms with van der Waals surface area (Å²) < 4.78 is 10.8. The van der Waals surface area contributed by atoms with Crippen LogP contribution in [-0.2, 0) is 17.8 Å². The number of carbonyl (C=O) groups excluding carboxylic acids is 1. The summed E-state index contributed by atoms with van der Waals surface area (Å²) in [6.07, 6.45) is 3.16. The molecule has 2 aliphatic rings. The van der Waals surface area contributed by atoms with Gasteiger partial charge in [-0.05, 0) is 71.5 Å². The minimum absolute atomic E-state index is 0.220. The molecular formula is C21H26N2O3S. The van der Waals surface area contributed by atoms with Crippen molar-refractivity contribution in [2.24, 2.45) is 0 Å². The Morgan fingerprint density at radius 1 is 1.19 bits per heavy atom. The van der Waals surface area contributed by atoms with Crippen LogP contribution in [0.5, 0.6) is 11.5 Å². The van der Waals surface area contributed by atoms with Crippen LogP contribution in [0, 0.1) is 0 Å². The van der Waals surface area contributed by atoms with Crippen molar-refractivity contribution in [3.8, 4) is 11.5 Å². The number of ether oxygens (including phenoxy) is 2. The summed E-state index contributed by atoms with van der Waals surface area (Å²) in [5.41, 5.74) is 3.75. The van der Waals surface area contributed by atoms with Gasteiger partial charge in [0, 0.05) is 19.1 Å². The number of amides is 1. The number of fused-ring (bicyclic) bond motifs is 1. The minimum atomic E-state index is 0.220. The first-order valence-corrected chi connectivity index (χ1v) is 10.4. The number of carbonyl (C=O) groups is 1. The number of hydrogen-bond acceptors (Lipinski definition) is 5. The van der Waals surface area contributed by atoms with Crippen molar-refractivity contribution in [3.05, 3.63) is 45.6 Å². The van der Waals surface area contributed by atoms with E-state index in [0.717, 1.165) is 49.4 Å². The van der Waals surface area contributed by atoms with Crippen LogP contribution < -0.4 is 9.47 Å². The van der Waals surface area contributed by atoms with Gasteiger partial charge in [0.2, 0.25) is 5.91 Å². The van der Waals surface area contributed by atoms with Crippen molar-refractivity contribution in [3.63, 3.8) is 0 Å². The van der Waals surface area contributed by atoms with Crippen LogP contribution in [0.15, 0.2) is 29.0 Å². The zero-order chi connectivity index (χ0) is 18.8. The van der Waals surface area contributed by atoms with Gasteiger partial charge in [0.05, 0.1) is 20.8 Å². The molecule has 0 saturated carbocycles. The lowest BCUT2D eigenvalue weighted by Gasteiger charge is -2.32. The standard InChI is InChI=1S/C21H26N2O3S/c1-25-19-10-15-5-8-23(12-17(15)11-20(19)26-2)21(24)13-22-7-3-4-18(22)16-6-9-27-14-16/h6,9-11,14,18H,3-5,7-8,12-13H2,1-2H3. The van der Waals surface area contributed by atoms with Gasteiger partial charge >= 0.3 is 0 Å². The molecule has 5 nitrogen and oxygen atoms in total. The average Bonchev–Trinajstić information content (AvgIpc) is 3.37. The number of rotatable bonds is 5. The highest BCUT2D eigenvalue weighted by atomic mass is 32.1. The maximum absolute atomic E-state index is 13.0. The topological polar surface area (TPSA) is 42.0 Å². The summed E-state index contributed by atoms with van der Waals surface area (Å²) in [5.74, 6) is 1.70. The lowest BCUT2D eigenvalue weighted by atomic mass is 9.98. The summed E-state index contributed by atoms with van der Waals surface area (Å²) >= 11 is 1.73. The predicted octanol–water partition coefficient (Wildman–Crippen LogP) is 3.49. The van der Waals surface area contributed by atoms with Crippen LogP contribution in [0.3, 0.4) is 0 Å². The smallest absolute Gasteiger partial charge is 0.237 e. The zero-order valence-electron chi connectivity index (χ0n) is 15.9. The van der Waals surface area contributed by atoms with Crippen LogP contribution in [0.25, 0.3) is 0 Å². The molecule has 4 rings (SSSR count). The highest BCUT2D eigenvalue weighted by molar-refractivity contribution is 7.07. The molecule has 6 heteroatoms. The van der Waals surface area contributed by atoms with Crippen LogP contribution in [0.2, 0.25) is 0 Å². The SMILES string of the molecule is COc1cc2c(cc1OC)CN(C(=O)CN1CCCC1c1ccsc1)CC2. The van der Waals surface area contributed by atoms with E-state index in [2.05, 4.69) is 21.7 Å². The van der Waals surface area contributed by atoms with Crippen molar-refractivity contribution < 1.29 is 14.3 Å². The van der Waals surface area contributed by atoms with E-state index < -0.39 is 0 Å². The molecule has 1 saturated heterocycles. The molecule has 144 valence electrons. The molecule has 1 aromatic heterocycles. The van der Waals surface area contributed by atoms with Gasteiger partial charge in [-0.1, -0.05) is 0 Å². The molecule has 1 unspecified atom stereocenters. The van der Waals surface area contributed by atoms with E-state index in [-0.39, 0.29) is 5.91 Å². The molecule has 0 spiro atoms. The first-order chi connectivity index (χ1) is 13.2. The molecular weight excluding hydrogens is 360 g/mol. The second-order valence-corrected chi connectivity index (χ2v) is 8.01. The first-order valence-electron chi connectivity index (χ1n) is 9.47. The van der Waals surface area contributed by atoms with Gasteiger partial charge in [0.25, 0.3) is 0 Å². The Balaban J connectivity index is 1.45. The Labute approximate surface area is 164 Å². The van der Waals surface area contributed by atoms with E-state index >= 15 is 0 Å². The molecule has 0 radical (unpaired) electrons. The third kappa shape index (κ3) is 3.69. The van der Waals surface area contributed by atoms with E-state index in [1.54, 1.807) is 25.6 Å². The van der Waals surface area contributed by atoms with Gasteiger partial charge < -0.3 is 14.4 Å². The van der Waals surface area contributed by atoms with E-state index in [1.165, 1.54) is 11.1 Å². The number of hydrogen-bond donors (Lipinski definition) is 0. The van der Waals surface area contributed by atoms with Crippen LogP contribution in [0.1, 0.15) is 35.6 Å². The first kappa shape index (κ1) is 18.3. The molecule has 2 aliphatic heterocycles. The quantitative estimate of drug-likeness (QED) is 0.789. The molecule has 3 heterocycles. The van der Waals surface area contributed by atoms with Crippen molar-refractivity contribution >= 4 is 17.2 Å². The maximum Gasteiger partial charge on any atom is 0.237 e. The molecule has 0 N–H and O–H groups in total. The van der Waals surface area contributed by atoms with Crippen molar-refractivity contribution in [2.75, 3.05) is 33.9 Å². The number of likely N-dealkylation sites (tertiary alicyclic amines) is 1. The largest absolute Gasteiger partial charge is 0.493 e. The third-order valence-corrected chi connectivity index (χ3v) is 6.40. The Bertz CT molecular complexity index is 806. The molecule has 1 fully saturated rings. The summed E-state index contributed by atoms with van der Waals surface area (Å²) in [6.45, 7) is 2.91. The fourth-order valence-electron chi connectivity index (χ4n) is 4.23. The Morgan fingerprint density at radius 2 is 1.96 bits per heavy atom.